The Morgan fingerprint density at radius 3 is 1.41 bits per heavy atom. The molecule has 0 bridgehead atoms. The number of hydrogen-bond acceptors (Lipinski definition) is 9. The van der Waals surface area contributed by atoms with Gasteiger partial charge >= 0.3 is 24.9 Å². The number of Topliss-reactive ketones (excluding diaryl/α,β-unsaturated/α-hetero) is 1. The predicted octanol–water partition coefficient (Wildman–Crippen LogP) is 11.6. The number of aromatic nitrogens is 4. The summed E-state index contributed by atoms with van der Waals surface area (Å²) in [6, 6.07) is 29.9. The first kappa shape index (κ1) is 52.9. The fraction of sp³-hybridized carbons (Fsp3) is 0.273. The van der Waals surface area contributed by atoms with Gasteiger partial charge in [-0.25, -0.2) is 18.4 Å². The van der Waals surface area contributed by atoms with E-state index in [9.17, 15) is 36.7 Å². The van der Waals surface area contributed by atoms with Crippen LogP contribution in [0, 0.1) is 11.6 Å². The molecule has 14 nitrogen and oxygen atoms in total. The van der Waals surface area contributed by atoms with Gasteiger partial charge in [-0.05, 0) is 128 Å². The highest BCUT2D eigenvalue weighted by molar-refractivity contribution is 6.00. The van der Waals surface area contributed by atoms with Crippen molar-refractivity contribution < 1.29 is 49.9 Å². The van der Waals surface area contributed by atoms with E-state index in [2.05, 4.69) is 20.2 Å². The van der Waals surface area contributed by atoms with Crippen LogP contribution in [0.15, 0.2) is 138 Å². The summed E-state index contributed by atoms with van der Waals surface area (Å²) in [6.07, 6.45) is 6.42. The summed E-state index contributed by atoms with van der Waals surface area (Å²) >= 11 is 0. The van der Waals surface area contributed by atoms with Gasteiger partial charge in [-0.2, -0.15) is 17.6 Å². The molecular weight excluding hydrogens is 981 g/mol. The summed E-state index contributed by atoms with van der Waals surface area (Å²) in [5, 5.41) is 8.67. The number of halogens is 6. The van der Waals surface area contributed by atoms with E-state index in [1.54, 1.807) is 51.6 Å². The lowest BCUT2D eigenvalue weighted by Crippen LogP contribution is -2.45. The van der Waals surface area contributed by atoms with Gasteiger partial charge in [-0.1, -0.05) is 42.5 Å². The monoisotopic (exact) mass is 1030 g/mol. The van der Waals surface area contributed by atoms with E-state index in [1.807, 2.05) is 66.0 Å². The van der Waals surface area contributed by atoms with Crippen LogP contribution in [0.25, 0.3) is 33.7 Å². The number of nitrogens with one attached hydrogen (secondary N) is 1. The molecule has 0 radical (unpaired) electrons. The van der Waals surface area contributed by atoms with E-state index >= 15 is 8.78 Å². The molecule has 0 unspecified atom stereocenters. The van der Waals surface area contributed by atoms with Gasteiger partial charge in [0.25, 0.3) is 11.8 Å². The van der Waals surface area contributed by atoms with Crippen molar-refractivity contribution in [3.8, 4) is 33.7 Å². The van der Waals surface area contributed by atoms with Gasteiger partial charge < -0.3 is 19.5 Å². The van der Waals surface area contributed by atoms with Crippen LogP contribution in [-0.2, 0) is 17.9 Å². The first-order valence-electron chi connectivity index (χ1n) is 24.2. The van der Waals surface area contributed by atoms with Gasteiger partial charge in [0, 0.05) is 84.6 Å². The lowest BCUT2D eigenvalue weighted by molar-refractivity contribution is -0.131. The Hall–Kier alpha value is -8.42. The van der Waals surface area contributed by atoms with Crippen molar-refractivity contribution in [3.63, 3.8) is 0 Å². The van der Waals surface area contributed by atoms with E-state index < -0.39 is 48.6 Å². The second kappa shape index (κ2) is 25.0. The van der Waals surface area contributed by atoms with Gasteiger partial charge in [0.1, 0.15) is 11.6 Å². The van der Waals surface area contributed by atoms with E-state index in [4.69, 9.17) is 4.42 Å². The maximum atomic E-state index is 15.2. The predicted molar refractivity (Wildman–Crippen MR) is 268 cm³/mol. The number of benzene rings is 4. The number of urea groups is 2. The van der Waals surface area contributed by atoms with Crippen LogP contribution in [0.3, 0.4) is 0 Å². The Morgan fingerprint density at radius 2 is 0.987 bits per heavy atom. The number of nitrogens with zero attached hydrogens (tertiary/aromatic N) is 8. The Kier molecular flexibility index (Phi) is 17.6. The Balaban J connectivity index is 0.000000199. The fourth-order valence-corrected chi connectivity index (χ4v) is 8.59. The zero-order chi connectivity index (χ0) is 52.8. The first-order valence-corrected chi connectivity index (χ1v) is 24.2. The molecule has 0 aliphatic carbocycles. The van der Waals surface area contributed by atoms with Crippen LogP contribution in [-0.4, -0.2) is 92.9 Å². The van der Waals surface area contributed by atoms with Crippen molar-refractivity contribution in [2.75, 3.05) is 42.5 Å². The highest BCUT2D eigenvalue weighted by Crippen LogP contribution is 2.30. The van der Waals surface area contributed by atoms with Crippen LogP contribution < -0.4 is 15.1 Å². The van der Waals surface area contributed by atoms with E-state index in [-0.39, 0.29) is 53.3 Å². The lowest BCUT2D eigenvalue weighted by Gasteiger charge is -2.33. The molecule has 1 N–H and O–H groups in total. The molecule has 9 rings (SSSR count). The molecule has 388 valence electrons. The Bertz CT molecular complexity index is 3050. The molecule has 20 heteroatoms. The normalized spacial score (nSPS) is 13.5. The number of pyridine rings is 2. The quantitative estimate of drug-likeness (QED) is 0.0827. The van der Waals surface area contributed by atoms with Gasteiger partial charge in [0.2, 0.25) is 5.89 Å². The zero-order valence-corrected chi connectivity index (χ0v) is 40.4. The molecular formula is C55H51F6N9O5. The zero-order valence-electron chi connectivity index (χ0n) is 40.4. The molecule has 75 heavy (non-hydrogen) atoms. The maximum Gasteiger partial charge on any atom is 0.324 e. The fourth-order valence-electron chi connectivity index (χ4n) is 8.59. The smallest absolute Gasteiger partial charge is 0.324 e. The minimum absolute atomic E-state index is 0.0117. The Morgan fingerprint density at radius 1 is 0.547 bits per heavy atom. The molecule has 0 atom stereocenters. The topological polar surface area (TPSA) is 158 Å². The first-order chi connectivity index (χ1) is 36.3. The van der Waals surface area contributed by atoms with Gasteiger partial charge in [-0.15, -0.1) is 10.2 Å². The number of ketones is 1. The summed E-state index contributed by atoms with van der Waals surface area (Å²) < 4.78 is 85.4. The van der Waals surface area contributed by atoms with Crippen LogP contribution in [0.1, 0.15) is 72.3 Å². The molecule has 4 aromatic carbocycles. The third kappa shape index (κ3) is 13.6. The molecule has 2 saturated heterocycles. The van der Waals surface area contributed by atoms with Crippen molar-refractivity contribution in [1.29, 1.82) is 0 Å². The molecule has 2 fully saturated rings. The molecule has 5 amide bonds. The minimum atomic E-state index is -3.25. The number of anilines is 2. The van der Waals surface area contributed by atoms with E-state index in [1.165, 1.54) is 29.2 Å². The molecule has 2 aliphatic heterocycles. The summed E-state index contributed by atoms with van der Waals surface area (Å²) in [7, 11) is 0. The van der Waals surface area contributed by atoms with Crippen LogP contribution >= 0.6 is 0 Å². The van der Waals surface area contributed by atoms with Crippen molar-refractivity contribution in [1.82, 2.24) is 35.3 Å². The molecule has 0 spiro atoms. The number of piperidine rings is 2. The van der Waals surface area contributed by atoms with Gasteiger partial charge in [-0.3, -0.25) is 29.4 Å². The number of alkyl halides is 4. The number of carbonyl (C=O) groups is 4. The van der Waals surface area contributed by atoms with Crippen LogP contribution in [0.4, 0.5) is 47.3 Å². The summed E-state index contributed by atoms with van der Waals surface area (Å²) in [5.41, 5.74) is 5.65. The Labute approximate surface area is 428 Å². The molecule has 5 heterocycles. The number of amides is 5. The molecule has 0 saturated carbocycles. The van der Waals surface area contributed by atoms with Crippen molar-refractivity contribution in [3.05, 3.63) is 168 Å². The van der Waals surface area contributed by atoms with Crippen LogP contribution in [0.2, 0.25) is 0 Å². The standard InChI is InChI=1S/C28H27F3N4O3.C27H24F3N5O2/c29-24-16-21(25(36)17-33-27(37)26(30)31)4-5-22(24)18-35(28(38)34-14-2-1-3-15-34)23-8-6-19(7-9-23)20-10-12-32-13-11-20;28-23-16-20(25-32-33-26(37-25)24(29)30)4-5-21(23)17-35(27(36)34-14-2-1-3-15-34)22-8-6-18(7-9-22)19-10-12-31-13-11-19/h4-13,16,26H,1-3,14-15,17-18H2,(H,33,37);4-13,16,24H,1-3,14-15,17H2. The highest BCUT2D eigenvalue weighted by atomic mass is 19.3. The largest absolute Gasteiger partial charge is 0.415 e. The maximum absolute atomic E-state index is 15.2. The van der Waals surface area contributed by atoms with Crippen molar-refractivity contribution >= 4 is 35.1 Å². The average molecular weight is 1030 g/mol. The number of carbonyl (C=O) groups excluding carboxylic acids is 4. The third-order valence-corrected chi connectivity index (χ3v) is 12.7. The second-order valence-corrected chi connectivity index (χ2v) is 17.7. The van der Waals surface area contributed by atoms with Crippen LogP contribution in [0.5, 0.6) is 0 Å². The average Bonchev–Trinajstić information content (AvgIpc) is 3.96. The summed E-state index contributed by atoms with van der Waals surface area (Å²) in [4.78, 5) is 65.0. The van der Waals surface area contributed by atoms with Crippen molar-refractivity contribution in [2.24, 2.45) is 0 Å². The SMILES string of the molecule is O=C(CNC(=O)C(F)F)c1ccc(CN(C(=O)N2CCCCC2)c2ccc(-c3ccncc3)cc2)c(F)c1.O=C(N1CCCCC1)N(Cc1ccc(-c2nnc(C(F)F)o2)cc1F)c1ccc(-c2ccncc2)cc1. The van der Waals surface area contributed by atoms with E-state index in [0.29, 0.717) is 37.6 Å². The number of hydrogen-bond donors (Lipinski definition) is 1. The summed E-state index contributed by atoms with van der Waals surface area (Å²) in [5.74, 6) is -4.64. The lowest BCUT2D eigenvalue weighted by atomic mass is 10.1. The van der Waals surface area contributed by atoms with E-state index in [0.717, 1.165) is 72.9 Å². The van der Waals surface area contributed by atoms with Gasteiger partial charge in [0.15, 0.2) is 5.78 Å². The molecule has 7 aromatic rings. The minimum Gasteiger partial charge on any atom is -0.415 e. The second-order valence-electron chi connectivity index (χ2n) is 17.7. The van der Waals surface area contributed by atoms with Gasteiger partial charge in [0.05, 0.1) is 19.6 Å². The number of likely N-dealkylation sites (tertiary alicyclic amines) is 2. The molecule has 2 aliphatic rings. The third-order valence-electron chi connectivity index (χ3n) is 12.7. The number of rotatable bonds is 14. The van der Waals surface area contributed by atoms with Crippen molar-refractivity contribution in [2.45, 2.75) is 64.5 Å². The highest BCUT2D eigenvalue weighted by Gasteiger charge is 2.28. The summed E-state index contributed by atoms with van der Waals surface area (Å²) in [6.45, 7) is 1.76. The molecule has 3 aromatic heterocycles.